The van der Waals surface area contributed by atoms with Gasteiger partial charge in [0.1, 0.15) is 6.61 Å². The van der Waals surface area contributed by atoms with Crippen LogP contribution in [-0.4, -0.2) is 42.3 Å². The summed E-state index contributed by atoms with van der Waals surface area (Å²) in [5.41, 5.74) is 0.910. The second kappa shape index (κ2) is 5.52. The summed E-state index contributed by atoms with van der Waals surface area (Å²) in [6.07, 6.45) is 6.20. The Hall–Kier alpha value is -1.69. The number of nitrogens with one attached hydrogen (secondary N) is 1. The molecule has 2 saturated heterocycles. The van der Waals surface area contributed by atoms with Gasteiger partial charge in [0.15, 0.2) is 5.82 Å². The number of ether oxygens (including phenoxy) is 1. The lowest BCUT2D eigenvalue weighted by molar-refractivity contribution is 0.181. The maximum atomic E-state index is 11.6. The molecular weight excluding hydrogens is 244 g/mol. The third kappa shape index (κ3) is 2.68. The minimum absolute atomic E-state index is 0.313. The highest BCUT2D eigenvalue weighted by Gasteiger charge is 2.28. The Bertz CT molecular complexity index is 460. The number of piperidine rings is 1. The normalized spacial score (nSPS) is 20.6. The summed E-state index contributed by atoms with van der Waals surface area (Å²) < 4.78 is 4.97. The minimum Gasteiger partial charge on any atom is -0.447 e. The van der Waals surface area contributed by atoms with Gasteiger partial charge in [-0.05, 0) is 38.3 Å². The van der Waals surface area contributed by atoms with Gasteiger partial charge in [-0.2, -0.15) is 0 Å². The van der Waals surface area contributed by atoms with Gasteiger partial charge in [0.25, 0.3) is 0 Å². The number of hydrogen-bond donors (Lipinski definition) is 1. The zero-order valence-corrected chi connectivity index (χ0v) is 10.8. The Labute approximate surface area is 112 Å². The van der Waals surface area contributed by atoms with Gasteiger partial charge in [0.2, 0.25) is 0 Å². The fraction of sp³-hybridized carbons (Fsp3) is 0.615. The molecule has 0 saturated carbocycles. The fourth-order valence-corrected chi connectivity index (χ4v) is 2.67. The van der Waals surface area contributed by atoms with Crippen molar-refractivity contribution in [2.45, 2.75) is 19.3 Å². The molecule has 2 fully saturated rings. The van der Waals surface area contributed by atoms with Crippen LogP contribution >= 0.6 is 0 Å². The molecule has 3 heterocycles. The number of carbonyl (C=O) groups is 1. The topological polar surface area (TPSA) is 67.3 Å². The zero-order valence-electron chi connectivity index (χ0n) is 10.8. The molecule has 1 amide bonds. The van der Waals surface area contributed by atoms with Crippen molar-refractivity contribution in [3.05, 3.63) is 18.1 Å². The molecule has 1 N–H and O–H groups in total. The molecule has 0 bridgehead atoms. The van der Waals surface area contributed by atoms with E-state index in [0.717, 1.165) is 38.0 Å². The smallest absolute Gasteiger partial charge is 0.415 e. The van der Waals surface area contributed by atoms with Crippen molar-refractivity contribution < 1.29 is 9.53 Å². The molecule has 3 rings (SSSR count). The number of cyclic esters (lactones) is 1. The van der Waals surface area contributed by atoms with Crippen LogP contribution in [0.4, 0.5) is 10.6 Å². The van der Waals surface area contributed by atoms with Gasteiger partial charge in [-0.15, -0.1) is 0 Å². The second-order valence-electron chi connectivity index (χ2n) is 4.99. The van der Waals surface area contributed by atoms with E-state index in [1.807, 2.05) is 0 Å². The third-order valence-electron chi connectivity index (χ3n) is 3.71. The van der Waals surface area contributed by atoms with Crippen molar-refractivity contribution >= 4 is 11.9 Å². The molecule has 19 heavy (non-hydrogen) atoms. The molecule has 2 aliphatic heterocycles. The molecule has 1 aromatic rings. The van der Waals surface area contributed by atoms with Crippen LogP contribution in [0, 0.1) is 5.92 Å². The average molecular weight is 262 g/mol. The van der Waals surface area contributed by atoms with Crippen molar-refractivity contribution in [3.8, 4) is 0 Å². The third-order valence-corrected chi connectivity index (χ3v) is 3.71. The Balaban J connectivity index is 1.78. The molecule has 0 aromatic carbocycles. The van der Waals surface area contributed by atoms with Crippen molar-refractivity contribution in [2.24, 2.45) is 5.92 Å². The van der Waals surface area contributed by atoms with Gasteiger partial charge >= 0.3 is 6.09 Å². The molecule has 0 radical (unpaired) electrons. The molecule has 6 nitrogen and oxygen atoms in total. The van der Waals surface area contributed by atoms with Gasteiger partial charge in [0.05, 0.1) is 12.2 Å². The van der Waals surface area contributed by atoms with Crippen LogP contribution in [0.25, 0.3) is 0 Å². The SMILES string of the molecule is O=C1OCCN1c1nccnc1CC1CCNCC1. The van der Waals surface area contributed by atoms with E-state index in [4.69, 9.17) is 4.74 Å². The molecule has 0 unspecified atom stereocenters. The number of aromatic nitrogens is 2. The van der Waals surface area contributed by atoms with Gasteiger partial charge in [-0.25, -0.2) is 9.78 Å². The van der Waals surface area contributed by atoms with Gasteiger partial charge in [-0.1, -0.05) is 0 Å². The lowest BCUT2D eigenvalue weighted by atomic mass is 9.93. The first-order chi connectivity index (χ1) is 9.34. The van der Waals surface area contributed by atoms with Crippen LogP contribution in [0.5, 0.6) is 0 Å². The Morgan fingerprint density at radius 3 is 2.84 bits per heavy atom. The summed E-state index contributed by atoms with van der Waals surface area (Å²) in [6.45, 7) is 3.12. The van der Waals surface area contributed by atoms with Gasteiger partial charge in [0, 0.05) is 12.4 Å². The number of rotatable bonds is 3. The predicted octanol–water partition coefficient (Wildman–Crippen LogP) is 0.975. The molecule has 0 spiro atoms. The van der Waals surface area contributed by atoms with E-state index in [9.17, 15) is 4.79 Å². The van der Waals surface area contributed by atoms with Crippen LogP contribution in [0.3, 0.4) is 0 Å². The quantitative estimate of drug-likeness (QED) is 0.879. The summed E-state index contributed by atoms with van der Waals surface area (Å²) in [5, 5.41) is 3.36. The maximum Gasteiger partial charge on any atom is 0.415 e. The van der Waals surface area contributed by atoms with E-state index >= 15 is 0 Å². The monoisotopic (exact) mass is 262 g/mol. The Kier molecular flexibility index (Phi) is 3.59. The summed E-state index contributed by atoms with van der Waals surface area (Å²) >= 11 is 0. The lowest BCUT2D eigenvalue weighted by Gasteiger charge is -2.23. The highest BCUT2D eigenvalue weighted by atomic mass is 16.6. The van der Waals surface area contributed by atoms with E-state index in [-0.39, 0.29) is 6.09 Å². The molecular formula is C13H18N4O2. The Morgan fingerprint density at radius 2 is 2.11 bits per heavy atom. The molecule has 2 aliphatic rings. The standard InChI is InChI=1S/C13H18N4O2/c18-13-17(7-8-19-13)12-11(15-5-6-16-12)9-10-1-3-14-4-2-10/h5-6,10,14H,1-4,7-9H2. The molecule has 0 aliphatic carbocycles. The van der Waals surface area contributed by atoms with Crippen molar-refractivity contribution in [2.75, 3.05) is 31.1 Å². The van der Waals surface area contributed by atoms with Crippen LogP contribution in [0.1, 0.15) is 18.5 Å². The number of amides is 1. The summed E-state index contributed by atoms with van der Waals surface area (Å²) in [6, 6.07) is 0. The first-order valence-corrected chi connectivity index (χ1v) is 6.79. The summed E-state index contributed by atoms with van der Waals surface area (Å²) in [4.78, 5) is 22.0. The lowest BCUT2D eigenvalue weighted by Crippen LogP contribution is -2.30. The molecule has 102 valence electrons. The van der Waals surface area contributed by atoms with Gasteiger partial charge in [-0.3, -0.25) is 9.88 Å². The fourth-order valence-electron chi connectivity index (χ4n) is 2.67. The Morgan fingerprint density at radius 1 is 1.32 bits per heavy atom. The highest BCUT2D eigenvalue weighted by Crippen LogP contribution is 2.24. The van der Waals surface area contributed by atoms with Crippen LogP contribution in [0.15, 0.2) is 12.4 Å². The first-order valence-electron chi connectivity index (χ1n) is 6.79. The molecule has 6 heteroatoms. The zero-order chi connectivity index (χ0) is 13.1. The predicted molar refractivity (Wildman–Crippen MR) is 70.0 cm³/mol. The van der Waals surface area contributed by atoms with Crippen molar-refractivity contribution in [3.63, 3.8) is 0 Å². The average Bonchev–Trinajstić information content (AvgIpc) is 2.87. The van der Waals surface area contributed by atoms with Crippen LogP contribution in [-0.2, 0) is 11.2 Å². The highest BCUT2D eigenvalue weighted by molar-refractivity contribution is 5.88. The van der Waals surface area contributed by atoms with Crippen molar-refractivity contribution in [1.29, 1.82) is 0 Å². The van der Waals surface area contributed by atoms with Crippen LogP contribution in [0.2, 0.25) is 0 Å². The number of hydrogen-bond acceptors (Lipinski definition) is 5. The van der Waals surface area contributed by atoms with Gasteiger partial charge < -0.3 is 10.1 Å². The summed E-state index contributed by atoms with van der Waals surface area (Å²) in [7, 11) is 0. The number of carbonyl (C=O) groups excluding carboxylic acids is 1. The van der Waals surface area contributed by atoms with Crippen LogP contribution < -0.4 is 10.2 Å². The molecule has 1 aromatic heterocycles. The van der Waals surface area contributed by atoms with E-state index < -0.39 is 0 Å². The number of nitrogens with zero attached hydrogens (tertiary/aromatic N) is 3. The first kappa shape index (κ1) is 12.3. The second-order valence-corrected chi connectivity index (χ2v) is 4.99. The largest absolute Gasteiger partial charge is 0.447 e. The van der Waals surface area contributed by atoms with E-state index in [0.29, 0.717) is 24.9 Å². The van der Waals surface area contributed by atoms with E-state index in [1.165, 1.54) is 0 Å². The molecule has 0 atom stereocenters. The van der Waals surface area contributed by atoms with E-state index in [1.54, 1.807) is 17.3 Å². The maximum absolute atomic E-state index is 11.6. The number of anilines is 1. The minimum atomic E-state index is -0.313. The van der Waals surface area contributed by atoms with E-state index in [2.05, 4.69) is 15.3 Å². The van der Waals surface area contributed by atoms with Crippen molar-refractivity contribution in [1.82, 2.24) is 15.3 Å². The summed E-state index contributed by atoms with van der Waals surface area (Å²) in [5.74, 6) is 1.29.